The van der Waals surface area contributed by atoms with E-state index in [0.29, 0.717) is 22.5 Å². The van der Waals surface area contributed by atoms with Crippen molar-refractivity contribution in [1.82, 2.24) is 14.5 Å². The van der Waals surface area contributed by atoms with Gasteiger partial charge in [0.05, 0.1) is 63.0 Å². The maximum atomic E-state index is 9.87. The van der Waals surface area contributed by atoms with Crippen LogP contribution >= 0.6 is 0 Å². The molecule has 0 aliphatic rings. The van der Waals surface area contributed by atoms with Crippen molar-refractivity contribution in [3.63, 3.8) is 0 Å². The van der Waals surface area contributed by atoms with Gasteiger partial charge in [0.15, 0.2) is 5.82 Å². The van der Waals surface area contributed by atoms with Crippen LogP contribution in [0.4, 0.5) is 0 Å². The Bertz CT molecular complexity index is 2900. The summed E-state index contributed by atoms with van der Waals surface area (Å²) in [7, 11) is 0. The molecule has 0 spiro atoms. The highest BCUT2D eigenvalue weighted by atomic mass is 15.0. The molecule has 0 fully saturated rings. The SMILES string of the molecule is N#Cc1ccc(-c2cc(-c3cc(-c4ccccc4)nc(-c4ccccc4)n3)cc(-c3ccc(C#N)cc3)c2-n2c3ccccc3c3cc(C#N)ccc32)cc1. The van der Waals surface area contributed by atoms with Crippen molar-refractivity contribution in [2.24, 2.45) is 0 Å². The molecular formula is C49H28N6. The molecule has 0 saturated carbocycles. The van der Waals surface area contributed by atoms with Crippen LogP contribution in [0.5, 0.6) is 0 Å². The van der Waals surface area contributed by atoms with E-state index >= 15 is 0 Å². The predicted molar refractivity (Wildman–Crippen MR) is 218 cm³/mol. The molecule has 0 atom stereocenters. The van der Waals surface area contributed by atoms with E-state index in [1.807, 2.05) is 146 Å². The zero-order chi connectivity index (χ0) is 37.3. The summed E-state index contributed by atoms with van der Waals surface area (Å²) in [6.07, 6.45) is 0. The Kier molecular flexibility index (Phi) is 8.22. The van der Waals surface area contributed by atoms with Gasteiger partial charge in [0.1, 0.15) is 0 Å². The summed E-state index contributed by atoms with van der Waals surface area (Å²) in [5.41, 5.74) is 12.5. The number of benzene rings is 7. The molecule has 0 amide bonds. The Morgan fingerprint density at radius 1 is 0.382 bits per heavy atom. The van der Waals surface area contributed by atoms with Gasteiger partial charge in [-0.15, -0.1) is 0 Å². The van der Waals surface area contributed by atoms with Crippen molar-refractivity contribution >= 4 is 21.8 Å². The third kappa shape index (κ3) is 5.95. The average Bonchev–Trinajstić information content (AvgIpc) is 3.59. The Labute approximate surface area is 317 Å². The van der Waals surface area contributed by atoms with Gasteiger partial charge in [0.2, 0.25) is 0 Å². The lowest BCUT2D eigenvalue weighted by atomic mass is 9.91. The molecule has 9 rings (SSSR count). The minimum Gasteiger partial charge on any atom is -0.308 e. The molecule has 0 aliphatic carbocycles. The van der Waals surface area contributed by atoms with E-state index in [0.717, 1.165) is 77.8 Å². The standard InChI is InChI=1S/C49H28N6/c50-29-32-15-20-35(21-16-32)41-26-39(45-28-44(37-9-3-1-4-10-37)53-49(54-45)38-11-5-2-6-12-38)27-42(36-22-17-33(30-51)18-23-36)48(41)55-46-14-8-7-13-40(46)43-25-34(31-52)19-24-47(43)55/h1-28H. The average molecular weight is 701 g/mol. The lowest BCUT2D eigenvalue weighted by Gasteiger charge is -2.21. The first-order valence-corrected chi connectivity index (χ1v) is 17.7. The number of hydrogen-bond donors (Lipinski definition) is 0. The van der Waals surface area contributed by atoms with Gasteiger partial charge in [0.25, 0.3) is 0 Å². The van der Waals surface area contributed by atoms with Gasteiger partial charge >= 0.3 is 0 Å². The van der Waals surface area contributed by atoms with Crippen molar-refractivity contribution in [1.29, 1.82) is 15.8 Å². The van der Waals surface area contributed by atoms with Gasteiger partial charge in [0, 0.05) is 38.6 Å². The lowest BCUT2D eigenvalue weighted by molar-refractivity contribution is 1.17. The topological polar surface area (TPSA) is 102 Å². The van der Waals surface area contributed by atoms with Crippen LogP contribution < -0.4 is 0 Å². The van der Waals surface area contributed by atoms with E-state index in [1.165, 1.54) is 0 Å². The summed E-state index contributed by atoms with van der Waals surface area (Å²) in [4.78, 5) is 10.2. The fourth-order valence-corrected chi connectivity index (χ4v) is 7.26. The van der Waals surface area contributed by atoms with Crippen molar-refractivity contribution < 1.29 is 0 Å². The third-order valence-corrected chi connectivity index (χ3v) is 9.91. The lowest BCUT2D eigenvalue weighted by Crippen LogP contribution is -2.03. The predicted octanol–water partition coefficient (Wildman–Crippen LogP) is 11.5. The second kappa shape index (κ2) is 13.8. The van der Waals surface area contributed by atoms with Gasteiger partial charge in [-0.05, 0) is 77.9 Å². The molecule has 2 aromatic heterocycles. The van der Waals surface area contributed by atoms with Crippen LogP contribution in [0.15, 0.2) is 170 Å². The highest BCUT2D eigenvalue weighted by Crippen LogP contribution is 2.44. The van der Waals surface area contributed by atoms with E-state index in [2.05, 4.69) is 47.0 Å². The zero-order valence-corrected chi connectivity index (χ0v) is 29.3. The van der Waals surface area contributed by atoms with E-state index in [1.54, 1.807) is 0 Å². The summed E-state index contributed by atoms with van der Waals surface area (Å²) in [6.45, 7) is 0. The molecule has 0 N–H and O–H groups in total. The molecule has 0 bridgehead atoms. The number of fused-ring (bicyclic) bond motifs is 3. The number of nitrogens with zero attached hydrogens (tertiary/aromatic N) is 6. The molecule has 0 saturated heterocycles. The van der Waals surface area contributed by atoms with Crippen LogP contribution in [-0.2, 0) is 0 Å². The number of hydrogen-bond acceptors (Lipinski definition) is 5. The molecule has 0 unspecified atom stereocenters. The molecule has 9 aromatic rings. The maximum absolute atomic E-state index is 9.87. The Hall–Kier alpha value is -8.11. The molecule has 55 heavy (non-hydrogen) atoms. The Morgan fingerprint density at radius 2 is 0.873 bits per heavy atom. The Balaban J connectivity index is 1.42. The summed E-state index contributed by atoms with van der Waals surface area (Å²) in [5, 5.41) is 31.3. The van der Waals surface area contributed by atoms with Gasteiger partial charge in [-0.3, -0.25) is 0 Å². The smallest absolute Gasteiger partial charge is 0.160 e. The first-order chi connectivity index (χ1) is 27.1. The fraction of sp³-hybridized carbons (Fsp3) is 0. The van der Waals surface area contributed by atoms with Crippen molar-refractivity contribution in [2.45, 2.75) is 0 Å². The Morgan fingerprint density at radius 3 is 1.45 bits per heavy atom. The second-order valence-electron chi connectivity index (χ2n) is 13.2. The summed E-state index contributed by atoms with van der Waals surface area (Å²) >= 11 is 0. The highest BCUT2D eigenvalue weighted by molar-refractivity contribution is 6.11. The molecule has 0 radical (unpaired) electrons. The number of para-hydroxylation sites is 1. The largest absolute Gasteiger partial charge is 0.308 e. The van der Waals surface area contributed by atoms with E-state index < -0.39 is 0 Å². The van der Waals surface area contributed by atoms with Crippen LogP contribution in [0.3, 0.4) is 0 Å². The zero-order valence-electron chi connectivity index (χ0n) is 29.3. The number of rotatable bonds is 6. The number of nitriles is 3. The summed E-state index contributed by atoms with van der Waals surface area (Å²) < 4.78 is 2.27. The van der Waals surface area contributed by atoms with E-state index in [9.17, 15) is 15.8 Å². The minimum absolute atomic E-state index is 0.561. The van der Waals surface area contributed by atoms with Crippen LogP contribution in [-0.4, -0.2) is 14.5 Å². The van der Waals surface area contributed by atoms with Crippen molar-refractivity contribution in [3.8, 4) is 80.1 Å². The molecular weight excluding hydrogens is 673 g/mol. The highest BCUT2D eigenvalue weighted by Gasteiger charge is 2.23. The summed E-state index contributed by atoms with van der Waals surface area (Å²) in [6, 6.07) is 62.6. The van der Waals surface area contributed by atoms with Crippen molar-refractivity contribution in [3.05, 3.63) is 187 Å². The van der Waals surface area contributed by atoms with Gasteiger partial charge in [-0.1, -0.05) is 103 Å². The molecule has 6 heteroatoms. The van der Waals surface area contributed by atoms with Gasteiger partial charge < -0.3 is 4.57 Å². The first kappa shape index (κ1) is 32.8. The monoisotopic (exact) mass is 700 g/mol. The van der Waals surface area contributed by atoms with Crippen LogP contribution in [0.1, 0.15) is 16.7 Å². The van der Waals surface area contributed by atoms with E-state index in [-0.39, 0.29) is 0 Å². The van der Waals surface area contributed by atoms with Crippen LogP contribution in [0.2, 0.25) is 0 Å². The summed E-state index contributed by atoms with van der Waals surface area (Å²) in [5.74, 6) is 0.608. The molecule has 254 valence electrons. The third-order valence-electron chi connectivity index (χ3n) is 9.91. The molecule has 7 aromatic carbocycles. The van der Waals surface area contributed by atoms with Gasteiger partial charge in [-0.2, -0.15) is 15.8 Å². The van der Waals surface area contributed by atoms with Gasteiger partial charge in [-0.25, -0.2) is 9.97 Å². The minimum atomic E-state index is 0.561. The fourth-order valence-electron chi connectivity index (χ4n) is 7.26. The first-order valence-electron chi connectivity index (χ1n) is 17.7. The quantitative estimate of drug-likeness (QED) is 0.172. The van der Waals surface area contributed by atoms with E-state index in [4.69, 9.17) is 9.97 Å². The number of aromatic nitrogens is 3. The van der Waals surface area contributed by atoms with Crippen LogP contribution in [0.25, 0.3) is 83.6 Å². The molecule has 6 nitrogen and oxygen atoms in total. The maximum Gasteiger partial charge on any atom is 0.160 e. The molecule has 0 aliphatic heterocycles. The normalized spacial score (nSPS) is 10.9. The molecule has 2 heterocycles. The van der Waals surface area contributed by atoms with Crippen molar-refractivity contribution in [2.75, 3.05) is 0 Å². The van der Waals surface area contributed by atoms with Crippen LogP contribution in [0, 0.1) is 34.0 Å². The second-order valence-corrected chi connectivity index (χ2v) is 13.2.